The van der Waals surface area contributed by atoms with Gasteiger partial charge in [-0.3, -0.25) is 9.89 Å². The number of amides is 1. The third kappa shape index (κ3) is 5.06. The highest BCUT2D eigenvalue weighted by Crippen LogP contribution is 2.26. The summed E-state index contributed by atoms with van der Waals surface area (Å²) in [6.07, 6.45) is 0. The molecule has 134 valence electrons. The Morgan fingerprint density at radius 1 is 1.36 bits per heavy atom. The molecule has 2 aromatic rings. The SMILES string of the molecule is CCOC(=O)COc1cccc(NC(=O)c2n[nH]c(C(C)C)c2Br)c1. The molecule has 0 aliphatic rings. The van der Waals surface area contributed by atoms with E-state index in [4.69, 9.17) is 9.47 Å². The first kappa shape index (κ1) is 19.0. The minimum Gasteiger partial charge on any atom is -0.482 e. The zero-order chi connectivity index (χ0) is 18.4. The second kappa shape index (κ2) is 8.66. The minimum atomic E-state index is -0.446. The number of ether oxygens (including phenoxy) is 2. The van der Waals surface area contributed by atoms with Crippen molar-refractivity contribution < 1.29 is 19.1 Å². The van der Waals surface area contributed by atoms with Crippen molar-refractivity contribution in [2.45, 2.75) is 26.7 Å². The second-order valence-electron chi connectivity index (χ2n) is 5.53. The zero-order valence-corrected chi connectivity index (χ0v) is 15.8. The molecule has 1 aromatic carbocycles. The summed E-state index contributed by atoms with van der Waals surface area (Å²) in [6.45, 7) is 5.85. The van der Waals surface area contributed by atoms with Crippen molar-refractivity contribution in [3.8, 4) is 5.75 Å². The molecular weight excluding hydrogens is 390 g/mol. The number of anilines is 1. The number of rotatable bonds is 7. The first-order chi connectivity index (χ1) is 11.9. The fourth-order valence-electron chi connectivity index (χ4n) is 2.07. The van der Waals surface area contributed by atoms with E-state index in [-0.39, 0.29) is 24.1 Å². The Hall–Kier alpha value is -2.35. The molecular formula is C17H20BrN3O4. The topological polar surface area (TPSA) is 93.3 Å². The van der Waals surface area contributed by atoms with Gasteiger partial charge in [-0.2, -0.15) is 5.10 Å². The van der Waals surface area contributed by atoms with Crippen LogP contribution in [0, 0.1) is 0 Å². The number of aromatic nitrogens is 2. The van der Waals surface area contributed by atoms with E-state index in [9.17, 15) is 9.59 Å². The summed E-state index contributed by atoms with van der Waals surface area (Å²) in [5, 5.41) is 9.68. The van der Waals surface area contributed by atoms with Crippen LogP contribution in [-0.4, -0.2) is 35.3 Å². The first-order valence-electron chi connectivity index (χ1n) is 7.86. The van der Waals surface area contributed by atoms with E-state index >= 15 is 0 Å². The fourth-order valence-corrected chi connectivity index (χ4v) is 2.89. The summed E-state index contributed by atoms with van der Waals surface area (Å²) in [6, 6.07) is 6.76. The van der Waals surface area contributed by atoms with Gasteiger partial charge in [0, 0.05) is 11.8 Å². The van der Waals surface area contributed by atoms with Gasteiger partial charge in [-0.05, 0) is 40.9 Å². The molecule has 0 fully saturated rings. The Balaban J connectivity index is 2.04. The molecule has 0 unspecified atom stereocenters. The molecule has 2 N–H and O–H groups in total. The van der Waals surface area contributed by atoms with Crippen LogP contribution in [0.4, 0.5) is 5.69 Å². The summed E-state index contributed by atoms with van der Waals surface area (Å²) in [4.78, 5) is 23.7. The fraction of sp³-hybridized carbons (Fsp3) is 0.353. The van der Waals surface area contributed by atoms with E-state index in [1.165, 1.54) is 0 Å². The van der Waals surface area contributed by atoms with Crippen molar-refractivity contribution in [1.82, 2.24) is 10.2 Å². The van der Waals surface area contributed by atoms with E-state index in [0.29, 0.717) is 22.5 Å². The predicted molar refractivity (Wildman–Crippen MR) is 96.9 cm³/mol. The molecule has 0 atom stereocenters. The van der Waals surface area contributed by atoms with E-state index in [1.807, 2.05) is 13.8 Å². The lowest BCUT2D eigenvalue weighted by Gasteiger charge is -2.08. The van der Waals surface area contributed by atoms with Gasteiger partial charge in [-0.25, -0.2) is 4.79 Å². The van der Waals surface area contributed by atoms with Gasteiger partial charge in [0.15, 0.2) is 12.3 Å². The second-order valence-corrected chi connectivity index (χ2v) is 6.32. The van der Waals surface area contributed by atoms with Crippen molar-refractivity contribution in [2.24, 2.45) is 0 Å². The highest BCUT2D eigenvalue weighted by Gasteiger charge is 2.19. The van der Waals surface area contributed by atoms with E-state index in [2.05, 4.69) is 31.4 Å². The number of hydrogen-bond donors (Lipinski definition) is 2. The predicted octanol–water partition coefficient (Wildman–Crippen LogP) is 3.49. The molecule has 0 radical (unpaired) electrons. The van der Waals surface area contributed by atoms with Gasteiger partial charge in [0.25, 0.3) is 5.91 Å². The molecule has 2 rings (SSSR count). The smallest absolute Gasteiger partial charge is 0.344 e. The molecule has 25 heavy (non-hydrogen) atoms. The Bertz CT molecular complexity index is 758. The average Bonchev–Trinajstić information content (AvgIpc) is 2.95. The number of benzene rings is 1. The summed E-state index contributed by atoms with van der Waals surface area (Å²) >= 11 is 3.41. The molecule has 8 heteroatoms. The number of carbonyl (C=O) groups excluding carboxylic acids is 2. The maximum Gasteiger partial charge on any atom is 0.344 e. The van der Waals surface area contributed by atoms with Crippen LogP contribution < -0.4 is 10.1 Å². The van der Waals surface area contributed by atoms with E-state index in [0.717, 1.165) is 5.69 Å². The van der Waals surface area contributed by atoms with E-state index in [1.54, 1.807) is 31.2 Å². The third-order valence-electron chi connectivity index (χ3n) is 3.28. The molecule has 7 nitrogen and oxygen atoms in total. The Morgan fingerprint density at radius 2 is 2.12 bits per heavy atom. The van der Waals surface area contributed by atoms with Crippen LogP contribution in [0.3, 0.4) is 0 Å². The molecule has 0 spiro atoms. The van der Waals surface area contributed by atoms with Gasteiger partial charge in [-0.15, -0.1) is 0 Å². The van der Waals surface area contributed by atoms with Gasteiger partial charge < -0.3 is 14.8 Å². The molecule has 0 bridgehead atoms. The summed E-state index contributed by atoms with van der Waals surface area (Å²) in [7, 11) is 0. The van der Waals surface area contributed by atoms with Crippen LogP contribution in [-0.2, 0) is 9.53 Å². The Kier molecular flexibility index (Phi) is 6.58. The highest BCUT2D eigenvalue weighted by molar-refractivity contribution is 9.10. The summed E-state index contributed by atoms with van der Waals surface area (Å²) < 4.78 is 10.8. The van der Waals surface area contributed by atoms with Crippen molar-refractivity contribution in [3.63, 3.8) is 0 Å². The van der Waals surface area contributed by atoms with Gasteiger partial charge in [0.05, 0.1) is 16.8 Å². The van der Waals surface area contributed by atoms with E-state index < -0.39 is 5.97 Å². The molecule has 0 aliphatic carbocycles. The number of aromatic amines is 1. The quantitative estimate of drug-likeness (QED) is 0.682. The third-order valence-corrected chi connectivity index (χ3v) is 4.08. The minimum absolute atomic E-state index is 0.187. The van der Waals surface area contributed by atoms with Gasteiger partial charge in [0.1, 0.15) is 5.75 Å². The maximum absolute atomic E-state index is 12.4. The van der Waals surface area contributed by atoms with Crippen LogP contribution in [0.25, 0.3) is 0 Å². The number of hydrogen-bond acceptors (Lipinski definition) is 5. The molecule has 0 saturated carbocycles. The molecule has 1 aromatic heterocycles. The summed E-state index contributed by atoms with van der Waals surface area (Å²) in [5.41, 5.74) is 1.67. The number of nitrogens with zero attached hydrogens (tertiary/aromatic N) is 1. The molecule has 0 saturated heterocycles. The van der Waals surface area contributed by atoms with Gasteiger partial charge >= 0.3 is 5.97 Å². The lowest BCUT2D eigenvalue weighted by Crippen LogP contribution is -2.15. The van der Waals surface area contributed by atoms with Gasteiger partial charge in [-0.1, -0.05) is 19.9 Å². The zero-order valence-electron chi connectivity index (χ0n) is 14.3. The van der Waals surface area contributed by atoms with Crippen LogP contribution in [0.15, 0.2) is 28.7 Å². The number of esters is 1. The Morgan fingerprint density at radius 3 is 2.76 bits per heavy atom. The number of halogens is 1. The van der Waals surface area contributed by atoms with Crippen LogP contribution in [0.5, 0.6) is 5.75 Å². The number of carbonyl (C=O) groups is 2. The standard InChI is InChI=1S/C17H20BrN3O4/c1-4-24-13(22)9-25-12-7-5-6-11(8-12)19-17(23)16-14(18)15(10(2)3)20-21-16/h5-8,10H,4,9H2,1-3H3,(H,19,23)(H,20,21). The number of nitrogens with one attached hydrogen (secondary N) is 2. The van der Waals surface area contributed by atoms with Crippen LogP contribution in [0.1, 0.15) is 42.9 Å². The molecule has 1 heterocycles. The van der Waals surface area contributed by atoms with Crippen molar-refractivity contribution >= 4 is 33.5 Å². The van der Waals surface area contributed by atoms with Crippen molar-refractivity contribution in [3.05, 3.63) is 40.1 Å². The first-order valence-corrected chi connectivity index (χ1v) is 8.65. The number of H-pyrrole nitrogens is 1. The largest absolute Gasteiger partial charge is 0.482 e. The highest BCUT2D eigenvalue weighted by atomic mass is 79.9. The van der Waals surface area contributed by atoms with Crippen LogP contribution in [0.2, 0.25) is 0 Å². The van der Waals surface area contributed by atoms with Crippen molar-refractivity contribution in [1.29, 1.82) is 0 Å². The average molecular weight is 410 g/mol. The normalized spacial score (nSPS) is 10.6. The lowest BCUT2D eigenvalue weighted by atomic mass is 10.1. The molecule has 1 amide bonds. The van der Waals surface area contributed by atoms with Crippen molar-refractivity contribution in [2.75, 3.05) is 18.5 Å². The van der Waals surface area contributed by atoms with Gasteiger partial charge in [0.2, 0.25) is 0 Å². The summed E-state index contributed by atoms with van der Waals surface area (Å²) in [5.74, 6) is -0.131. The Labute approximate surface area is 154 Å². The molecule has 0 aliphatic heterocycles. The lowest BCUT2D eigenvalue weighted by molar-refractivity contribution is -0.145. The van der Waals surface area contributed by atoms with Crippen LogP contribution >= 0.6 is 15.9 Å². The maximum atomic E-state index is 12.4. The monoisotopic (exact) mass is 409 g/mol.